The standard InChI is InChI=1S/C24H23ClN8OS/c1-15-4-2-5-17(25)21(15)32-22(34)20-13-28-24(35-20)29-16-6-7-18-19(12-16)31-23(30-18)27-8-3-10-33-11-9-26-14-33/h2,4-7,9,11-14H,3,8,10H2,1H3,(H,28,29)(H,32,34)(H2,27,30,31). The number of hydrogen-bond acceptors (Lipinski definition) is 7. The van der Waals surface area contributed by atoms with Gasteiger partial charge in [-0.1, -0.05) is 35.1 Å². The van der Waals surface area contributed by atoms with E-state index in [1.165, 1.54) is 11.3 Å². The Bertz CT molecular complexity index is 1440. The van der Waals surface area contributed by atoms with Gasteiger partial charge in [-0.05, 0) is 43.2 Å². The molecule has 0 aliphatic carbocycles. The number of amides is 1. The molecule has 0 unspecified atom stereocenters. The summed E-state index contributed by atoms with van der Waals surface area (Å²) in [5.74, 6) is 0.476. The van der Waals surface area contributed by atoms with E-state index < -0.39 is 0 Å². The van der Waals surface area contributed by atoms with Crippen molar-refractivity contribution in [3.05, 3.63) is 76.8 Å². The van der Waals surface area contributed by atoms with Crippen LogP contribution < -0.4 is 16.0 Å². The number of aromatic nitrogens is 5. The number of para-hydroxylation sites is 1. The highest BCUT2D eigenvalue weighted by molar-refractivity contribution is 7.17. The van der Waals surface area contributed by atoms with Crippen LogP contribution in [0, 0.1) is 6.92 Å². The number of rotatable bonds is 9. The number of imidazole rings is 2. The molecule has 5 aromatic rings. The lowest BCUT2D eigenvalue weighted by Gasteiger charge is -2.08. The third-order valence-electron chi connectivity index (χ3n) is 5.37. The fourth-order valence-electron chi connectivity index (χ4n) is 3.58. The molecule has 9 nitrogen and oxygen atoms in total. The van der Waals surface area contributed by atoms with Gasteiger partial charge in [0, 0.05) is 31.2 Å². The Morgan fingerprint density at radius 3 is 3.00 bits per heavy atom. The minimum Gasteiger partial charge on any atom is -0.356 e. The molecule has 0 aliphatic heterocycles. The van der Waals surface area contributed by atoms with Crippen LogP contribution in [-0.2, 0) is 6.54 Å². The number of carbonyl (C=O) groups excluding carboxylic acids is 1. The largest absolute Gasteiger partial charge is 0.356 e. The Balaban J connectivity index is 1.20. The van der Waals surface area contributed by atoms with Gasteiger partial charge in [0.2, 0.25) is 5.95 Å². The van der Waals surface area contributed by atoms with E-state index in [-0.39, 0.29) is 5.91 Å². The molecular weight excluding hydrogens is 484 g/mol. The average molecular weight is 507 g/mol. The van der Waals surface area contributed by atoms with Crippen LogP contribution in [0.4, 0.5) is 22.5 Å². The molecule has 1 amide bonds. The normalized spacial score (nSPS) is 11.0. The summed E-state index contributed by atoms with van der Waals surface area (Å²) in [6.07, 6.45) is 8.05. The summed E-state index contributed by atoms with van der Waals surface area (Å²) in [7, 11) is 0. The average Bonchev–Trinajstić information content (AvgIpc) is 3.60. The van der Waals surface area contributed by atoms with Gasteiger partial charge in [0.25, 0.3) is 5.91 Å². The maximum absolute atomic E-state index is 12.7. The summed E-state index contributed by atoms with van der Waals surface area (Å²) >= 11 is 7.49. The molecule has 0 radical (unpaired) electrons. The van der Waals surface area contributed by atoms with Gasteiger partial charge < -0.3 is 25.5 Å². The number of nitrogens with zero attached hydrogens (tertiary/aromatic N) is 4. The SMILES string of the molecule is Cc1cccc(Cl)c1NC(=O)c1cnc(Nc2ccc3[nH]c(NCCCn4ccnc4)nc3c2)s1. The Kier molecular flexibility index (Phi) is 6.64. The summed E-state index contributed by atoms with van der Waals surface area (Å²) in [5.41, 5.74) is 4.10. The Morgan fingerprint density at radius 1 is 1.26 bits per heavy atom. The third-order valence-corrected chi connectivity index (χ3v) is 6.60. The van der Waals surface area contributed by atoms with Gasteiger partial charge in [0.1, 0.15) is 4.88 Å². The molecule has 0 atom stereocenters. The van der Waals surface area contributed by atoms with E-state index in [2.05, 4.69) is 35.9 Å². The van der Waals surface area contributed by atoms with E-state index in [4.69, 9.17) is 11.6 Å². The lowest BCUT2D eigenvalue weighted by Crippen LogP contribution is -2.11. The number of nitrogens with one attached hydrogen (secondary N) is 4. The molecule has 3 heterocycles. The first-order chi connectivity index (χ1) is 17.0. The summed E-state index contributed by atoms with van der Waals surface area (Å²) in [4.78, 5) is 29.5. The van der Waals surface area contributed by atoms with Crippen molar-refractivity contribution in [1.29, 1.82) is 0 Å². The fourth-order valence-corrected chi connectivity index (χ4v) is 4.58. The highest BCUT2D eigenvalue weighted by atomic mass is 35.5. The lowest BCUT2D eigenvalue weighted by atomic mass is 10.2. The van der Waals surface area contributed by atoms with E-state index in [1.807, 2.05) is 54.3 Å². The number of aryl methyl sites for hydroxylation is 2. The Morgan fingerprint density at radius 2 is 2.17 bits per heavy atom. The molecule has 11 heteroatoms. The summed E-state index contributed by atoms with van der Waals surface area (Å²) in [6.45, 7) is 3.59. The molecule has 3 aromatic heterocycles. The summed E-state index contributed by atoms with van der Waals surface area (Å²) < 4.78 is 2.05. The third kappa shape index (κ3) is 5.44. The van der Waals surface area contributed by atoms with Crippen molar-refractivity contribution >= 4 is 62.3 Å². The summed E-state index contributed by atoms with van der Waals surface area (Å²) in [5, 5.41) is 10.6. The van der Waals surface area contributed by atoms with Crippen molar-refractivity contribution in [1.82, 2.24) is 24.5 Å². The molecule has 4 N–H and O–H groups in total. The first-order valence-corrected chi connectivity index (χ1v) is 12.2. The minimum absolute atomic E-state index is 0.252. The van der Waals surface area contributed by atoms with Crippen molar-refractivity contribution in [2.24, 2.45) is 0 Å². The molecule has 35 heavy (non-hydrogen) atoms. The highest BCUT2D eigenvalue weighted by Crippen LogP contribution is 2.28. The van der Waals surface area contributed by atoms with Crippen LogP contribution >= 0.6 is 22.9 Å². The Labute approximate surface area is 210 Å². The van der Waals surface area contributed by atoms with Crippen LogP contribution in [0.1, 0.15) is 21.7 Å². The van der Waals surface area contributed by atoms with Gasteiger partial charge in [-0.25, -0.2) is 15.0 Å². The van der Waals surface area contributed by atoms with Crippen molar-refractivity contribution in [2.75, 3.05) is 22.5 Å². The van der Waals surface area contributed by atoms with Crippen molar-refractivity contribution in [2.45, 2.75) is 19.9 Å². The molecule has 0 saturated heterocycles. The van der Waals surface area contributed by atoms with Crippen molar-refractivity contribution < 1.29 is 4.79 Å². The van der Waals surface area contributed by atoms with E-state index in [9.17, 15) is 4.79 Å². The van der Waals surface area contributed by atoms with Gasteiger partial charge in [-0.2, -0.15) is 0 Å². The molecule has 0 bridgehead atoms. The molecular formula is C24H23ClN8OS. The highest BCUT2D eigenvalue weighted by Gasteiger charge is 2.14. The smallest absolute Gasteiger partial charge is 0.267 e. The second-order valence-corrected chi connectivity index (χ2v) is 9.38. The number of H-pyrrole nitrogens is 1. The number of benzene rings is 2. The monoisotopic (exact) mass is 506 g/mol. The van der Waals surface area contributed by atoms with E-state index in [0.29, 0.717) is 20.7 Å². The number of hydrogen-bond donors (Lipinski definition) is 4. The number of anilines is 4. The molecule has 0 fully saturated rings. The fraction of sp³-hybridized carbons (Fsp3) is 0.167. The second-order valence-electron chi connectivity index (χ2n) is 7.94. The van der Waals surface area contributed by atoms with Gasteiger partial charge in [-0.3, -0.25) is 4.79 Å². The predicted molar refractivity (Wildman–Crippen MR) is 141 cm³/mol. The van der Waals surface area contributed by atoms with Gasteiger partial charge in [0.15, 0.2) is 5.13 Å². The van der Waals surface area contributed by atoms with Crippen molar-refractivity contribution in [3.8, 4) is 0 Å². The van der Waals surface area contributed by atoms with Gasteiger partial charge in [0.05, 0.1) is 34.3 Å². The van der Waals surface area contributed by atoms with Crippen LogP contribution in [0.5, 0.6) is 0 Å². The molecule has 0 spiro atoms. The number of aromatic amines is 1. The first-order valence-electron chi connectivity index (χ1n) is 11.0. The number of halogens is 1. The van der Waals surface area contributed by atoms with Crippen molar-refractivity contribution in [3.63, 3.8) is 0 Å². The van der Waals surface area contributed by atoms with Gasteiger partial charge in [-0.15, -0.1) is 0 Å². The van der Waals surface area contributed by atoms with Crippen LogP contribution in [0.2, 0.25) is 5.02 Å². The number of thiazole rings is 1. The van der Waals surface area contributed by atoms with E-state index in [1.54, 1.807) is 18.5 Å². The summed E-state index contributed by atoms with van der Waals surface area (Å²) in [6, 6.07) is 11.3. The second kappa shape index (κ2) is 10.2. The topological polar surface area (TPSA) is 113 Å². The van der Waals surface area contributed by atoms with Crippen LogP contribution in [-0.4, -0.2) is 37.0 Å². The maximum atomic E-state index is 12.7. The minimum atomic E-state index is -0.252. The predicted octanol–water partition coefficient (Wildman–Crippen LogP) is 5.68. The van der Waals surface area contributed by atoms with Crippen LogP contribution in [0.25, 0.3) is 11.0 Å². The molecule has 0 saturated carbocycles. The number of fused-ring (bicyclic) bond motifs is 1. The zero-order chi connectivity index (χ0) is 24.2. The zero-order valence-corrected chi connectivity index (χ0v) is 20.5. The lowest BCUT2D eigenvalue weighted by molar-refractivity contribution is 0.103. The molecule has 0 aliphatic rings. The van der Waals surface area contributed by atoms with E-state index >= 15 is 0 Å². The zero-order valence-electron chi connectivity index (χ0n) is 18.9. The van der Waals surface area contributed by atoms with E-state index in [0.717, 1.165) is 47.7 Å². The van der Waals surface area contributed by atoms with Crippen LogP contribution in [0.3, 0.4) is 0 Å². The molecule has 5 rings (SSSR count). The molecule has 178 valence electrons. The maximum Gasteiger partial charge on any atom is 0.267 e. The first kappa shape index (κ1) is 22.9. The quantitative estimate of drug-likeness (QED) is 0.191. The van der Waals surface area contributed by atoms with Crippen LogP contribution in [0.15, 0.2) is 61.3 Å². The number of carbonyl (C=O) groups is 1. The van der Waals surface area contributed by atoms with Gasteiger partial charge >= 0.3 is 0 Å². The molecule has 2 aromatic carbocycles. The Hall–Kier alpha value is -3.89.